The van der Waals surface area contributed by atoms with Crippen LogP contribution in [-0.4, -0.2) is 62.8 Å². The molecule has 3 aliphatic rings. The number of nitrogens with one attached hydrogen (secondary N) is 1. The highest BCUT2D eigenvalue weighted by Gasteiger charge is 2.43. The number of sulfonamides is 1. The van der Waals surface area contributed by atoms with Gasteiger partial charge in [-0.1, -0.05) is 0 Å². The average molecular weight is 325 g/mol. The summed E-state index contributed by atoms with van der Waals surface area (Å²) in [6.45, 7) is 2.93. The number of hydrogen-bond acceptors (Lipinski definition) is 6. The van der Waals surface area contributed by atoms with E-state index in [0.29, 0.717) is 19.1 Å². The lowest BCUT2D eigenvalue weighted by Gasteiger charge is -2.31. The fourth-order valence-corrected chi connectivity index (χ4v) is 4.80. The molecule has 0 aliphatic carbocycles. The number of ether oxygens (including phenoxy) is 2. The second kappa shape index (κ2) is 5.45. The SMILES string of the molecule is O=S1(=O)N[C@@H]2CN(C3CCOCC3)C[C@@H]2Oc2ncccc21. The Morgan fingerprint density at radius 3 is 2.91 bits per heavy atom. The predicted molar refractivity (Wildman–Crippen MR) is 78.2 cm³/mol. The first-order chi connectivity index (χ1) is 10.6. The second-order valence-electron chi connectivity index (χ2n) is 5.99. The van der Waals surface area contributed by atoms with Crippen molar-refractivity contribution in [2.75, 3.05) is 26.3 Å². The average Bonchev–Trinajstić information content (AvgIpc) is 2.86. The number of rotatable bonds is 1. The number of nitrogens with zero attached hydrogens (tertiary/aromatic N) is 2. The number of pyridine rings is 1. The van der Waals surface area contributed by atoms with Crippen LogP contribution in [0.3, 0.4) is 0 Å². The normalized spacial score (nSPS) is 31.8. The van der Waals surface area contributed by atoms with Crippen molar-refractivity contribution in [3.63, 3.8) is 0 Å². The van der Waals surface area contributed by atoms with Crippen molar-refractivity contribution in [3.05, 3.63) is 18.3 Å². The molecule has 7 nitrogen and oxygen atoms in total. The Morgan fingerprint density at radius 1 is 1.27 bits per heavy atom. The first kappa shape index (κ1) is 14.4. The minimum atomic E-state index is -3.58. The van der Waals surface area contributed by atoms with E-state index >= 15 is 0 Å². The van der Waals surface area contributed by atoms with Gasteiger partial charge in [0.2, 0.25) is 15.9 Å². The molecule has 8 heteroatoms. The van der Waals surface area contributed by atoms with E-state index in [1.807, 2.05) is 0 Å². The van der Waals surface area contributed by atoms with Crippen molar-refractivity contribution in [2.24, 2.45) is 0 Å². The fourth-order valence-electron chi connectivity index (χ4n) is 3.46. The van der Waals surface area contributed by atoms with Crippen molar-refractivity contribution in [1.82, 2.24) is 14.6 Å². The summed E-state index contributed by atoms with van der Waals surface area (Å²) in [5.41, 5.74) is 0. The van der Waals surface area contributed by atoms with Gasteiger partial charge in [-0.15, -0.1) is 0 Å². The zero-order chi connectivity index (χ0) is 15.2. The Morgan fingerprint density at radius 2 is 2.09 bits per heavy atom. The number of fused-ring (bicyclic) bond motifs is 2. The standard InChI is InChI=1S/C14H19N3O4S/c18-22(19)13-2-1-5-15-14(13)21-12-9-17(8-11(12)16-22)10-3-6-20-7-4-10/h1-2,5,10-12,16H,3-4,6-9H2/t11-,12+/m1/s1. The van der Waals surface area contributed by atoms with Gasteiger partial charge < -0.3 is 9.47 Å². The minimum Gasteiger partial charge on any atom is -0.470 e. The third-order valence-corrected chi connectivity index (χ3v) is 6.10. The van der Waals surface area contributed by atoms with E-state index in [0.717, 1.165) is 26.1 Å². The summed E-state index contributed by atoms with van der Waals surface area (Å²) in [4.78, 5) is 6.53. The maximum atomic E-state index is 12.4. The molecule has 0 unspecified atom stereocenters. The molecule has 1 aromatic heterocycles. The molecular formula is C14H19N3O4S. The molecule has 1 aromatic rings. The molecule has 0 radical (unpaired) electrons. The van der Waals surface area contributed by atoms with Gasteiger partial charge in [-0.05, 0) is 25.0 Å². The smallest absolute Gasteiger partial charge is 0.246 e. The van der Waals surface area contributed by atoms with Crippen LogP contribution >= 0.6 is 0 Å². The van der Waals surface area contributed by atoms with Gasteiger partial charge in [-0.2, -0.15) is 0 Å². The third kappa shape index (κ3) is 2.50. The summed E-state index contributed by atoms with van der Waals surface area (Å²) >= 11 is 0. The summed E-state index contributed by atoms with van der Waals surface area (Å²) in [5, 5.41) is 0. The minimum absolute atomic E-state index is 0.127. The van der Waals surface area contributed by atoms with E-state index in [1.54, 1.807) is 12.3 Å². The maximum Gasteiger partial charge on any atom is 0.246 e. The first-order valence-electron chi connectivity index (χ1n) is 7.59. The predicted octanol–water partition coefficient (Wildman–Crippen LogP) is -0.0159. The van der Waals surface area contributed by atoms with Gasteiger partial charge >= 0.3 is 0 Å². The zero-order valence-corrected chi connectivity index (χ0v) is 13.0. The molecule has 120 valence electrons. The van der Waals surface area contributed by atoms with E-state index in [1.165, 1.54) is 6.07 Å². The number of hydrogen-bond donors (Lipinski definition) is 1. The van der Waals surface area contributed by atoms with Crippen LogP contribution in [0.2, 0.25) is 0 Å². The van der Waals surface area contributed by atoms with Crippen molar-refractivity contribution >= 4 is 10.0 Å². The van der Waals surface area contributed by atoms with Crippen molar-refractivity contribution in [1.29, 1.82) is 0 Å². The van der Waals surface area contributed by atoms with Crippen LogP contribution in [0.15, 0.2) is 23.2 Å². The van der Waals surface area contributed by atoms with Gasteiger partial charge in [-0.25, -0.2) is 18.1 Å². The molecule has 2 atom stereocenters. The van der Waals surface area contributed by atoms with Gasteiger partial charge in [0.25, 0.3) is 0 Å². The molecule has 0 aromatic carbocycles. The molecule has 4 heterocycles. The second-order valence-corrected chi connectivity index (χ2v) is 7.67. The van der Waals surface area contributed by atoms with Crippen molar-refractivity contribution < 1.29 is 17.9 Å². The fraction of sp³-hybridized carbons (Fsp3) is 0.643. The summed E-state index contributed by atoms with van der Waals surface area (Å²) < 4.78 is 39.0. The van der Waals surface area contributed by atoms with Gasteiger partial charge in [0.1, 0.15) is 11.0 Å². The van der Waals surface area contributed by atoms with Crippen molar-refractivity contribution in [2.45, 2.75) is 35.9 Å². The van der Waals surface area contributed by atoms with Crippen LogP contribution in [0.4, 0.5) is 0 Å². The van der Waals surface area contributed by atoms with E-state index in [2.05, 4.69) is 14.6 Å². The molecule has 3 aliphatic heterocycles. The Labute approximate surface area is 129 Å². The zero-order valence-electron chi connectivity index (χ0n) is 12.1. The van der Waals surface area contributed by atoms with Crippen LogP contribution in [0.25, 0.3) is 0 Å². The summed E-state index contributed by atoms with van der Waals surface area (Å²) in [6.07, 6.45) is 3.33. The van der Waals surface area contributed by atoms with Crippen LogP contribution in [-0.2, 0) is 14.8 Å². The Balaban J connectivity index is 1.59. The highest BCUT2D eigenvalue weighted by molar-refractivity contribution is 7.89. The van der Waals surface area contributed by atoms with Crippen LogP contribution < -0.4 is 9.46 Å². The lowest BCUT2D eigenvalue weighted by Crippen LogP contribution is -2.43. The molecule has 22 heavy (non-hydrogen) atoms. The molecule has 4 rings (SSSR count). The van der Waals surface area contributed by atoms with Crippen LogP contribution in [0, 0.1) is 0 Å². The molecule has 1 N–H and O–H groups in total. The quantitative estimate of drug-likeness (QED) is 0.782. The van der Waals surface area contributed by atoms with Gasteiger partial charge in [0.15, 0.2) is 0 Å². The van der Waals surface area contributed by atoms with E-state index in [9.17, 15) is 8.42 Å². The first-order valence-corrected chi connectivity index (χ1v) is 9.07. The Hall–Kier alpha value is -1.22. The Kier molecular flexibility index (Phi) is 3.56. The maximum absolute atomic E-state index is 12.4. The monoisotopic (exact) mass is 325 g/mol. The van der Waals surface area contributed by atoms with Crippen LogP contribution in [0.1, 0.15) is 12.8 Å². The van der Waals surface area contributed by atoms with E-state index < -0.39 is 10.0 Å². The molecule has 0 saturated carbocycles. The van der Waals surface area contributed by atoms with Gasteiger partial charge in [0, 0.05) is 38.5 Å². The van der Waals surface area contributed by atoms with Gasteiger partial charge in [-0.3, -0.25) is 4.90 Å². The van der Waals surface area contributed by atoms with E-state index in [4.69, 9.17) is 9.47 Å². The topological polar surface area (TPSA) is 80.8 Å². The molecule has 2 saturated heterocycles. The van der Waals surface area contributed by atoms with Crippen molar-refractivity contribution in [3.8, 4) is 5.88 Å². The molecule has 0 bridgehead atoms. The van der Waals surface area contributed by atoms with E-state index in [-0.39, 0.29) is 22.9 Å². The summed E-state index contributed by atoms with van der Waals surface area (Å²) in [7, 11) is -3.58. The Bertz CT molecular complexity index is 660. The highest BCUT2D eigenvalue weighted by atomic mass is 32.2. The number of likely N-dealkylation sites (tertiary alicyclic amines) is 1. The molecular weight excluding hydrogens is 306 g/mol. The van der Waals surface area contributed by atoms with Gasteiger partial charge in [0.05, 0.1) is 6.04 Å². The third-order valence-electron chi connectivity index (χ3n) is 4.60. The summed E-state index contributed by atoms with van der Waals surface area (Å²) in [5.74, 6) is 0.205. The summed E-state index contributed by atoms with van der Waals surface area (Å²) in [6, 6.07) is 3.35. The largest absolute Gasteiger partial charge is 0.470 e. The van der Waals surface area contributed by atoms with Crippen LogP contribution in [0.5, 0.6) is 5.88 Å². The molecule has 2 fully saturated rings. The lowest BCUT2D eigenvalue weighted by molar-refractivity contribution is 0.0384. The number of aromatic nitrogens is 1. The molecule has 0 spiro atoms. The molecule has 0 amide bonds. The highest BCUT2D eigenvalue weighted by Crippen LogP contribution is 2.30. The lowest BCUT2D eigenvalue weighted by atomic mass is 10.1.